The number of guanidine groups is 1. The van der Waals surface area contributed by atoms with E-state index in [0.29, 0.717) is 77.8 Å². The van der Waals surface area contributed by atoms with Gasteiger partial charge < -0.3 is 50.9 Å². The van der Waals surface area contributed by atoms with Crippen LogP contribution in [0.3, 0.4) is 0 Å². The van der Waals surface area contributed by atoms with Crippen LogP contribution in [0.5, 0.6) is 5.75 Å². The van der Waals surface area contributed by atoms with Gasteiger partial charge in [0.25, 0.3) is 0 Å². The van der Waals surface area contributed by atoms with Gasteiger partial charge in [-0.25, -0.2) is 0 Å². The SMILES string of the molecule is CCCOCCOCCOCCOCCOc1ccc(-c2ccc(C(CC(=O)O)NC(=O)CNC(=O)CCCCN=C(N)N)cc2)c2ccccc12. The molecule has 284 valence electrons. The molecule has 0 saturated carbocycles. The van der Waals surface area contributed by atoms with Crippen molar-refractivity contribution in [2.45, 2.75) is 45.1 Å². The number of carboxylic acid groups (broad SMARTS) is 1. The molecule has 1 unspecified atom stereocenters. The summed E-state index contributed by atoms with van der Waals surface area (Å²) in [6.45, 7) is 6.86. The number of unbranched alkanes of at least 4 members (excludes halogenated alkanes) is 1. The second-order valence-electron chi connectivity index (χ2n) is 11.8. The molecule has 3 rings (SSSR count). The molecule has 14 heteroatoms. The summed E-state index contributed by atoms with van der Waals surface area (Å²) in [5.41, 5.74) is 13.1. The summed E-state index contributed by atoms with van der Waals surface area (Å²) < 4.78 is 28.1. The highest BCUT2D eigenvalue weighted by Gasteiger charge is 2.19. The minimum absolute atomic E-state index is 0.00132. The molecule has 0 fully saturated rings. The van der Waals surface area contributed by atoms with Crippen LogP contribution in [0, 0.1) is 0 Å². The van der Waals surface area contributed by atoms with Crippen molar-refractivity contribution in [1.29, 1.82) is 0 Å². The maximum Gasteiger partial charge on any atom is 0.305 e. The maximum absolute atomic E-state index is 12.7. The summed E-state index contributed by atoms with van der Waals surface area (Å²) in [6, 6.07) is 18.5. The standard InChI is InChI=1S/C38H53N5O9/c1-2-17-48-18-19-49-20-21-50-22-23-51-24-25-52-34-15-14-30(31-7-3-4-8-32(31)34)28-10-12-29(13-11-28)33(26-37(46)47)43-36(45)27-42-35(44)9-5-6-16-41-38(39)40/h3-4,7-8,10-15,33H,2,5-6,9,16-27H2,1H3,(H,42,44)(H,43,45)(H,46,47)(H4,39,40,41). The molecule has 0 aliphatic heterocycles. The highest BCUT2D eigenvalue weighted by molar-refractivity contribution is 6.00. The van der Waals surface area contributed by atoms with Crippen molar-refractivity contribution in [2.24, 2.45) is 16.5 Å². The number of rotatable bonds is 27. The molecule has 1 atom stereocenters. The Balaban J connectivity index is 1.48. The second kappa shape index (κ2) is 24.4. The van der Waals surface area contributed by atoms with E-state index < -0.39 is 17.9 Å². The van der Waals surface area contributed by atoms with Crippen molar-refractivity contribution in [3.8, 4) is 16.9 Å². The minimum atomic E-state index is -1.07. The van der Waals surface area contributed by atoms with E-state index in [2.05, 4.69) is 22.5 Å². The number of fused-ring (bicyclic) bond motifs is 1. The van der Waals surface area contributed by atoms with Crippen molar-refractivity contribution in [2.75, 3.05) is 72.6 Å². The van der Waals surface area contributed by atoms with Crippen LogP contribution < -0.4 is 26.8 Å². The Morgan fingerprint density at radius 1 is 0.750 bits per heavy atom. The normalized spacial score (nSPS) is 11.6. The Morgan fingerprint density at radius 2 is 1.37 bits per heavy atom. The summed E-state index contributed by atoms with van der Waals surface area (Å²) in [6.07, 6.45) is 2.08. The summed E-state index contributed by atoms with van der Waals surface area (Å²) in [7, 11) is 0. The van der Waals surface area contributed by atoms with Gasteiger partial charge in [-0.05, 0) is 47.4 Å². The van der Waals surface area contributed by atoms with Crippen LogP contribution in [0.25, 0.3) is 21.9 Å². The summed E-state index contributed by atoms with van der Waals surface area (Å²) in [5.74, 6) is -1.12. The maximum atomic E-state index is 12.7. The number of aliphatic carboxylic acids is 1. The lowest BCUT2D eigenvalue weighted by atomic mass is 9.95. The molecule has 7 N–H and O–H groups in total. The van der Waals surface area contributed by atoms with E-state index in [0.717, 1.165) is 40.7 Å². The average molecular weight is 724 g/mol. The fourth-order valence-electron chi connectivity index (χ4n) is 5.21. The Morgan fingerprint density at radius 3 is 1.98 bits per heavy atom. The third-order valence-electron chi connectivity index (χ3n) is 7.72. The van der Waals surface area contributed by atoms with Gasteiger partial charge in [-0.2, -0.15) is 0 Å². The van der Waals surface area contributed by atoms with E-state index in [9.17, 15) is 19.5 Å². The van der Waals surface area contributed by atoms with E-state index in [1.165, 1.54) is 0 Å². The van der Waals surface area contributed by atoms with Gasteiger partial charge in [-0.15, -0.1) is 0 Å². The first-order chi connectivity index (χ1) is 25.3. The zero-order valence-corrected chi connectivity index (χ0v) is 30.0. The number of nitrogens with two attached hydrogens (primary N) is 2. The van der Waals surface area contributed by atoms with Gasteiger partial charge in [-0.1, -0.05) is 61.5 Å². The van der Waals surface area contributed by atoms with E-state index in [1.54, 1.807) is 12.1 Å². The number of amides is 2. The van der Waals surface area contributed by atoms with Crippen LogP contribution in [0.4, 0.5) is 0 Å². The first-order valence-corrected chi connectivity index (χ1v) is 17.7. The van der Waals surface area contributed by atoms with Crippen LogP contribution >= 0.6 is 0 Å². The molecule has 2 amide bonds. The highest BCUT2D eigenvalue weighted by Crippen LogP contribution is 2.35. The van der Waals surface area contributed by atoms with Crippen molar-refractivity contribution in [3.05, 3.63) is 66.2 Å². The van der Waals surface area contributed by atoms with Gasteiger partial charge in [-0.3, -0.25) is 19.4 Å². The molecule has 52 heavy (non-hydrogen) atoms. The predicted molar refractivity (Wildman–Crippen MR) is 199 cm³/mol. The fourth-order valence-corrected chi connectivity index (χ4v) is 5.21. The number of nitrogens with zero attached hydrogens (tertiary/aromatic N) is 1. The summed E-state index contributed by atoms with van der Waals surface area (Å²) >= 11 is 0. The monoisotopic (exact) mass is 723 g/mol. The largest absolute Gasteiger partial charge is 0.491 e. The molecular weight excluding hydrogens is 670 g/mol. The number of nitrogens with one attached hydrogen (secondary N) is 2. The number of aliphatic imine (C=N–C) groups is 1. The Kier molecular flexibility index (Phi) is 19.6. The van der Waals surface area contributed by atoms with Crippen LogP contribution in [0.2, 0.25) is 0 Å². The number of hydrogen-bond donors (Lipinski definition) is 5. The molecule has 0 aliphatic rings. The molecule has 0 heterocycles. The average Bonchev–Trinajstić information content (AvgIpc) is 3.13. The third kappa shape index (κ3) is 16.1. The third-order valence-corrected chi connectivity index (χ3v) is 7.72. The first-order valence-electron chi connectivity index (χ1n) is 17.7. The summed E-state index contributed by atoms with van der Waals surface area (Å²) in [4.78, 5) is 40.3. The van der Waals surface area contributed by atoms with Crippen LogP contribution in [0.15, 0.2) is 65.7 Å². The van der Waals surface area contributed by atoms with Crippen molar-refractivity contribution in [3.63, 3.8) is 0 Å². The molecule has 0 aromatic heterocycles. The molecule has 14 nitrogen and oxygen atoms in total. The van der Waals surface area contributed by atoms with Crippen LogP contribution in [-0.2, 0) is 33.3 Å². The Bertz CT molecular complexity index is 1550. The molecule has 0 aliphatic carbocycles. The van der Waals surface area contributed by atoms with E-state index in [1.807, 2.05) is 48.5 Å². The first kappa shape index (κ1) is 41.7. The van der Waals surface area contributed by atoms with Gasteiger partial charge in [0.05, 0.1) is 65.3 Å². The number of carbonyl (C=O) groups excluding carboxylic acids is 2. The van der Waals surface area contributed by atoms with Gasteiger partial charge in [0.2, 0.25) is 11.8 Å². The van der Waals surface area contributed by atoms with Crippen molar-refractivity contribution in [1.82, 2.24) is 10.6 Å². The quantitative estimate of drug-likeness (QED) is 0.0437. The van der Waals surface area contributed by atoms with Crippen molar-refractivity contribution < 1.29 is 43.2 Å². The number of hydrogen-bond acceptors (Lipinski definition) is 9. The van der Waals surface area contributed by atoms with Gasteiger partial charge in [0.15, 0.2) is 5.96 Å². The van der Waals surface area contributed by atoms with Crippen LogP contribution in [0.1, 0.15) is 50.6 Å². The highest BCUT2D eigenvalue weighted by atomic mass is 16.6. The Hall–Kier alpha value is -4.76. The molecule has 0 radical (unpaired) electrons. The topological polar surface area (TPSA) is 206 Å². The predicted octanol–water partition coefficient (Wildman–Crippen LogP) is 3.55. The minimum Gasteiger partial charge on any atom is -0.491 e. The van der Waals surface area contributed by atoms with Crippen LogP contribution in [-0.4, -0.2) is 101 Å². The van der Waals surface area contributed by atoms with Gasteiger partial charge in [0.1, 0.15) is 12.4 Å². The molecule has 3 aromatic carbocycles. The van der Waals surface area contributed by atoms with E-state index >= 15 is 0 Å². The van der Waals surface area contributed by atoms with Gasteiger partial charge in [0, 0.05) is 25.0 Å². The van der Waals surface area contributed by atoms with E-state index in [-0.39, 0.29) is 31.3 Å². The molecular formula is C38H53N5O9. The zero-order valence-electron chi connectivity index (χ0n) is 30.0. The molecule has 3 aromatic rings. The number of carboxylic acids is 1. The fraction of sp³-hybridized carbons (Fsp3) is 0.474. The second-order valence-corrected chi connectivity index (χ2v) is 11.8. The number of ether oxygens (including phenoxy) is 5. The molecule has 0 saturated heterocycles. The molecule has 0 spiro atoms. The zero-order chi connectivity index (χ0) is 37.4. The lowest BCUT2D eigenvalue weighted by Gasteiger charge is -2.19. The lowest BCUT2D eigenvalue weighted by Crippen LogP contribution is -2.39. The molecule has 0 bridgehead atoms. The smallest absolute Gasteiger partial charge is 0.305 e. The number of carbonyl (C=O) groups is 3. The van der Waals surface area contributed by atoms with Crippen molar-refractivity contribution >= 4 is 34.5 Å². The van der Waals surface area contributed by atoms with Gasteiger partial charge >= 0.3 is 5.97 Å². The lowest BCUT2D eigenvalue weighted by molar-refractivity contribution is -0.138. The van der Waals surface area contributed by atoms with E-state index in [4.69, 9.17) is 35.2 Å². The summed E-state index contributed by atoms with van der Waals surface area (Å²) in [5, 5.41) is 16.8. The Labute approximate surface area is 305 Å². The number of benzene rings is 3.